The summed E-state index contributed by atoms with van der Waals surface area (Å²) in [5.74, 6) is -0.180. The number of para-hydroxylation sites is 1. The average Bonchev–Trinajstić information content (AvgIpc) is 3.33. The summed E-state index contributed by atoms with van der Waals surface area (Å²) in [5.41, 5.74) is 2.94. The number of benzene rings is 3. The Hall–Kier alpha value is -4.30. The number of methoxy groups -OCH3 is 3. The van der Waals surface area contributed by atoms with Gasteiger partial charge in [-0.3, -0.25) is 0 Å². The van der Waals surface area contributed by atoms with Crippen LogP contribution in [-0.2, 0) is 16.1 Å². The smallest absolute Gasteiger partial charge is 0.357 e. The summed E-state index contributed by atoms with van der Waals surface area (Å²) >= 11 is 6.06. The number of carbonyl (C=O) groups excluding carboxylic acids is 2. The Bertz CT molecular complexity index is 1450. The fraction of sp³-hybridized carbons (Fsp3) is 0.179. The number of carbonyl (C=O) groups is 2. The fourth-order valence-electron chi connectivity index (χ4n) is 3.93. The van der Waals surface area contributed by atoms with E-state index in [1.807, 2.05) is 19.1 Å². The summed E-state index contributed by atoms with van der Waals surface area (Å²) in [7, 11) is 4.05. The van der Waals surface area contributed by atoms with Crippen LogP contribution in [0.2, 0.25) is 5.02 Å². The minimum Gasteiger partial charge on any atom is -0.496 e. The lowest BCUT2D eigenvalue weighted by Gasteiger charge is -2.13. The molecule has 0 aliphatic rings. The Morgan fingerprint density at radius 1 is 0.892 bits per heavy atom. The molecule has 37 heavy (non-hydrogen) atoms. The summed E-state index contributed by atoms with van der Waals surface area (Å²) in [6, 6.07) is 19.7. The molecular formula is C28H25ClN2O6. The van der Waals surface area contributed by atoms with Crippen LogP contribution in [0, 0.1) is 6.92 Å². The molecule has 0 fully saturated rings. The first kappa shape index (κ1) is 25.8. The number of hydrogen-bond donors (Lipinski definition) is 0. The third kappa shape index (κ3) is 5.29. The van der Waals surface area contributed by atoms with Gasteiger partial charge in [-0.05, 0) is 61.0 Å². The SMILES string of the molecule is COC(=O)c1c(-c2ccc(OC)c(COc3ccc(Cl)cc3C)c2)nn(-c2ccccc2)c1C(=O)OC. The number of esters is 2. The molecule has 0 spiro atoms. The van der Waals surface area contributed by atoms with E-state index in [9.17, 15) is 9.59 Å². The maximum Gasteiger partial charge on any atom is 0.357 e. The highest BCUT2D eigenvalue weighted by Gasteiger charge is 2.31. The van der Waals surface area contributed by atoms with Gasteiger partial charge in [0.15, 0.2) is 5.69 Å². The Balaban J connectivity index is 1.84. The van der Waals surface area contributed by atoms with Gasteiger partial charge in [0.05, 0.1) is 27.0 Å². The predicted molar refractivity (Wildman–Crippen MR) is 139 cm³/mol. The van der Waals surface area contributed by atoms with Gasteiger partial charge in [-0.15, -0.1) is 0 Å². The molecule has 0 aliphatic heterocycles. The summed E-state index contributed by atoms with van der Waals surface area (Å²) in [6.07, 6.45) is 0. The van der Waals surface area contributed by atoms with E-state index in [2.05, 4.69) is 5.10 Å². The van der Waals surface area contributed by atoms with Crippen molar-refractivity contribution in [2.75, 3.05) is 21.3 Å². The van der Waals surface area contributed by atoms with Gasteiger partial charge in [-0.2, -0.15) is 5.10 Å². The minimum atomic E-state index is -0.724. The van der Waals surface area contributed by atoms with Crippen molar-refractivity contribution in [3.05, 3.63) is 94.1 Å². The maximum absolute atomic E-state index is 12.9. The zero-order chi connectivity index (χ0) is 26.5. The predicted octanol–water partition coefficient (Wildman–Crippen LogP) is 5.66. The van der Waals surface area contributed by atoms with Crippen LogP contribution in [0.25, 0.3) is 16.9 Å². The van der Waals surface area contributed by atoms with Gasteiger partial charge >= 0.3 is 11.9 Å². The summed E-state index contributed by atoms with van der Waals surface area (Å²) in [4.78, 5) is 25.8. The highest BCUT2D eigenvalue weighted by molar-refractivity contribution is 6.30. The van der Waals surface area contributed by atoms with Crippen LogP contribution in [0.3, 0.4) is 0 Å². The molecule has 190 valence electrons. The molecule has 0 saturated carbocycles. The molecule has 1 heterocycles. The topological polar surface area (TPSA) is 88.9 Å². The number of ether oxygens (including phenoxy) is 4. The van der Waals surface area contributed by atoms with E-state index in [-0.39, 0.29) is 23.6 Å². The molecule has 3 aromatic carbocycles. The Morgan fingerprint density at radius 2 is 1.59 bits per heavy atom. The summed E-state index contributed by atoms with van der Waals surface area (Å²) < 4.78 is 23.0. The third-order valence-corrected chi connectivity index (χ3v) is 5.96. The standard InChI is InChI=1S/C28H25ClN2O6/c1-17-14-20(29)11-13-22(17)37-16-19-15-18(10-12-23(19)34-2)25-24(27(32)35-3)26(28(33)36-4)31(30-25)21-8-6-5-7-9-21/h5-15H,16H2,1-4H3. The monoisotopic (exact) mass is 520 g/mol. The molecule has 0 aliphatic carbocycles. The number of halogens is 1. The first-order chi connectivity index (χ1) is 17.9. The van der Waals surface area contributed by atoms with Gasteiger partial charge in [0.2, 0.25) is 0 Å². The molecule has 0 saturated heterocycles. The lowest BCUT2D eigenvalue weighted by atomic mass is 10.0. The van der Waals surface area contributed by atoms with E-state index in [4.69, 9.17) is 30.5 Å². The molecule has 8 nitrogen and oxygen atoms in total. The van der Waals surface area contributed by atoms with Crippen molar-refractivity contribution >= 4 is 23.5 Å². The lowest BCUT2D eigenvalue weighted by Crippen LogP contribution is -2.15. The third-order valence-electron chi connectivity index (χ3n) is 5.73. The highest BCUT2D eigenvalue weighted by atomic mass is 35.5. The van der Waals surface area contributed by atoms with Gasteiger partial charge in [-0.25, -0.2) is 14.3 Å². The Morgan fingerprint density at radius 3 is 2.24 bits per heavy atom. The minimum absolute atomic E-state index is 0.0104. The number of rotatable bonds is 8. The molecule has 9 heteroatoms. The second kappa shape index (κ2) is 11.2. The molecular weight excluding hydrogens is 496 g/mol. The van der Waals surface area contributed by atoms with Crippen molar-refractivity contribution in [3.8, 4) is 28.4 Å². The molecule has 0 amide bonds. The Kier molecular flexibility index (Phi) is 7.79. The fourth-order valence-corrected chi connectivity index (χ4v) is 4.15. The van der Waals surface area contributed by atoms with Crippen molar-refractivity contribution in [3.63, 3.8) is 0 Å². The number of aryl methyl sites for hydroxylation is 1. The van der Waals surface area contributed by atoms with Crippen molar-refractivity contribution in [2.45, 2.75) is 13.5 Å². The number of aromatic nitrogens is 2. The molecule has 0 unspecified atom stereocenters. The van der Waals surface area contributed by atoms with Gasteiger partial charge in [0, 0.05) is 16.1 Å². The average molecular weight is 521 g/mol. The van der Waals surface area contributed by atoms with E-state index in [1.165, 1.54) is 18.9 Å². The Labute approximate surface area is 219 Å². The van der Waals surface area contributed by atoms with E-state index in [0.29, 0.717) is 33.3 Å². The van der Waals surface area contributed by atoms with E-state index in [1.54, 1.807) is 61.7 Å². The first-order valence-electron chi connectivity index (χ1n) is 11.3. The van der Waals surface area contributed by atoms with Gasteiger partial charge in [0.25, 0.3) is 0 Å². The molecule has 0 bridgehead atoms. The first-order valence-corrected chi connectivity index (χ1v) is 11.7. The molecule has 0 atom stereocenters. The van der Waals surface area contributed by atoms with Crippen LogP contribution < -0.4 is 9.47 Å². The zero-order valence-electron chi connectivity index (χ0n) is 20.8. The van der Waals surface area contributed by atoms with Crippen molar-refractivity contribution in [2.24, 2.45) is 0 Å². The van der Waals surface area contributed by atoms with Crippen LogP contribution in [-0.4, -0.2) is 43.0 Å². The second-order valence-electron chi connectivity index (χ2n) is 8.03. The summed E-state index contributed by atoms with van der Waals surface area (Å²) in [5, 5.41) is 5.27. The second-order valence-corrected chi connectivity index (χ2v) is 8.46. The molecule has 0 radical (unpaired) electrons. The van der Waals surface area contributed by atoms with Crippen LogP contribution in [0.4, 0.5) is 0 Å². The van der Waals surface area contributed by atoms with Crippen molar-refractivity contribution < 1.29 is 28.5 Å². The van der Waals surface area contributed by atoms with Crippen LogP contribution in [0.5, 0.6) is 11.5 Å². The molecule has 1 aromatic heterocycles. The van der Waals surface area contributed by atoms with Crippen LogP contribution in [0.1, 0.15) is 32.0 Å². The van der Waals surface area contributed by atoms with E-state index in [0.717, 1.165) is 5.56 Å². The van der Waals surface area contributed by atoms with Crippen molar-refractivity contribution in [1.82, 2.24) is 9.78 Å². The normalized spacial score (nSPS) is 10.6. The lowest BCUT2D eigenvalue weighted by molar-refractivity contribution is 0.0549. The van der Waals surface area contributed by atoms with Gasteiger partial charge in [0.1, 0.15) is 29.4 Å². The van der Waals surface area contributed by atoms with Crippen LogP contribution in [0.15, 0.2) is 66.7 Å². The van der Waals surface area contributed by atoms with Crippen LogP contribution >= 0.6 is 11.6 Å². The number of hydrogen-bond acceptors (Lipinski definition) is 7. The van der Waals surface area contributed by atoms with Crippen molar-refractivity contribution in [1.29, 1.82) is 0 Å². The molecule has 0 N–H and O–H groups in total. The highest BCUT2D eigenvalue weighted by Crippen LogP contribution is 2.33. The zero-order valence-corrected chi connectivity index (χ0v) is 21.5. The molecule has 4 rings (SSSR count). The maximum atomic E-state index is 12.9. The number of nitrogens with zero attached hydrogens (tertiary/aromatic N) is 2. The quantitative estimate of drug-likeness (QED) is 0.277. The van der Waals surface area contributed by atoms with Gasteiger partial charge < -0.3 is 18.9 Å². The van der Waals surface area contributed by atoms with E-state index >= 15 is 0 Å². The van der Waals surface area contributed by atoms with E-state index < -0.39 is 11.9 Å². The molecule has 4 aromatic rings. The summed E-state index contributed by atoms with van der Waals surface area (Å²) in [6.45, 7) is 2.08. The van der Waals surface area contributed by atoms with Gasteiger partial charge in [-0.1, -0.05) is 29.8 Å². The largest absolute Gasteiger partial charge is 0.496 e.